The van der Waals surface area contributed by atoms with Gasteiger partial charge in [0.15, 0.2) is 0 Å². The summed E-state index contributed by atoms with van der Waals surface area (Å²) in [7, 11) is 0. The van der Waals surface area contributed by atoms with Crippen molar-refractivity contribution in [3.05, 3.63) is 102 Å². The number of fused-ring (bicyclic) bond motifs is 3. The summed E-state index contributed by atoms with van der Waals surface area (Å²) in [6.45, 7) is 0. The predicted octanol–water partition coefficient (Wildman–Crippen LogP) is 6.91. The fourth-order valence-electron chi connectivity index (χ4n) is 3.92. The van der Waals surface area contributed by atoms with E-state index in [1.54, 1.807) is 12.1 Å². The molecule has 0 bridgehead atoms. The number of ether oxygens (including phenoxy) is 1. The summed E-state index contributed by atoms with van der Waals surface area (Å²) in [5.41, 5.74) is 3.27. The molecule has 2 aliphatic rings. The highest BCUT2D eigenvalue weighted by atomic mass is 79.9. The van der Waals surface area contributed by atoms with Gasteiger partial charge in [-0.2, -0.15) is 5.10 Å². The number of hydrogen-bond donors (Lipinski definition) is 0. The summed E-state index contributed by atoms with van der Waals surface area (Å²) in [5.74, 6) is 0.681. The molecular weight excluding hydrogens is 505 g/mol. The third-order valence-corrected chi connectivity index (χ3v) is 6.46. The van der Waals surface area contributed by atoms with Crippen LogP contribution in [0.2, 0.25) is 10.0 Å². The van der Waals surface area contributed by atoms with Gasteiger partial charge in [-0.1, -0.05) is 57.3 Å². The second-order valence-corrected chi connectivity index (χ2v) is 9.03. The average molecular weight is 519 g/mol. The Labute approximate surface area is 196 Å². The van der Waals surface area contributed by atoms with E-state index in [1.165, 1.54) is 12.1 Å². The Kier molecular flexibility index (Phi) is 5.12. The van der Waals surface area contributed by atoms with Crippen LogP contribution in [0.15, 0.2) is 70.2 Å². The normalized spacial score (nSPS) is 19.3. The Hall–Kier alpha value is -2.61. The van der Waals surface area contributed by atoms with E-state index in [0.717, 1.165) is 21.3 Å². The molecule has 0 radical (unpaired) electrons. The van der Waals surface area contributed by atoms with E-state index < -0.39 is 11.2 Å². The highest BCUT2D eigenvalue weighted by Crippen LogP contribution is 2.48. The van der Waals surface area contributed by atoms with Gasteiger partial charge in [-0.15, -0.1) is 0 Å². The van der Waals surface area contributed by atoms with Crippen molar-refractivity contribution in [1.29, 1.82) is 0 Å². The fourth-order valence-corrected chi connectivity index (χ4v) is 4.55. The van der Waals surface area contributed by atoms with Gasteiger partial charge in [-0.3, -0.25) is 10.1 Å². The van der Waals surface area contributed by atoms with Gasteiger partial charge in [0.2, 0.25) is 6.23 Å². The Morgan fingerprint density at radius 1 is 1.10 bits per heavy atom. The maximum absolute atomic E-state index is 11.4. The maximum atomic E-state index is 11.4. The lowest BCUT2D eigenvalue weighted by Gasteiger charge is -2.38. The largest absolute Gasteiger partial charge is 0.464 e. The van der Waals surface area contributed by atoms with Crippen LogP contribution in [0.25, 0.3) is 0 Å². The Balaban J connectivity index is 1.61. The van der Waals surface area contributed by atoms with Crippen molar-refractivity contribution >= 4 is 50.5 Å². The van der Waals surface area contributed by atoms with Crippen LogP contribution in [0.4, 0.5) is 5.69 Å². The first-order valence-corrected chi connectivity index (χ1v) is 11.0. The second kappa shape index (κ2) is 7.82. The van der Waals surface area contributed by atoms with Crippen LogP contribution in [-0.4, -0.2) is 15.6 Å². The molecule has 0 aliphatic carbocycles. The van der Waals surface area contributed by atoms with Crippen molar-refractivity contribution in [3.63, 3.8) is 0 Å². The second-order valence-electron chi connectivity index (χ2n) is 7.27. The van der Waals surface area contributed by atoms with Crippen molar-refractivity contribution < 1.29 is 9.66 Å². The molecule has 0 saturated heterocycles. The SMILES string of the molecule is O=[N+]([O-])c1cc(C2Oc3ccc(Cl)cc3C3CC(c4ccc(Br)cc4)=NN32)ccc1Cl. The average Bonchev–Trinajstić information content (AvgIpc) is 3.20. The van der Waals surface area contributed by atoms with Crippen LogP contribution >= 0.6 is 39.1 Å². The lowest BCUT2D eigenvalue weighted by Crippen LogP contribution is -2.33. The summed E-state index contributed by atoms with van der Waals surface area (Å²) < 4.78 is 7.24. The molecule has 0 fully saturated rings. The van der Waals surface area contributed by atoms with Crippen molar-refractivity contribution in [1.82, 2.24) is 5.01 Å². The monoisotopic (exact) mass is 517 g/mol. The number of benzene rings is 3. The molecule has 0 aromatic heterocycles. The lowest BCUT2D eigenvalue weighted by molar-refractivity contribution is -0.384. The minimum Gasteiger partial charge on any atom is -0.464 e. The zero-order valence-electron chi connectivity index (χ0n) is 15.8. The topological polar surface area (TPSA) is 68.0 Å². The van der Waals surface area contributed by atoms with Crippen LogP contribution in [0.3, 0.4) is 0 Å². The van der Waals surface area contributed by atoms with E-state index in [4.69, 9.17) is 33.0 Å². The van der Waals surface area contributed by atoms with Gasteiger partial charge in [0, 0.05) is 33.1 Å². The number of nitrogens with zero attached hydrogens (tertiary/aromatic N) is 3. The summed E-state index contributed by atoms with van der Waals surface area (Å²) >= 11 is 15.7. The molecule has 0 spiro atoms. The standard InChI is InChI=1S/C22H14BrCl2N3O3/c23-14-4-1-12(2-5-14)18-11-19-16-10-15(24)6-8-21(16)31-22(27(19)26-18)13-3-7-17(25)20(9-13)28(29)30/h1-10,19,22H,11H2. The van der Waals surface area contributed by atoms with E-state index in [-0.39, 0.29) is 16.8 Å². The highest BCUT2D eigenvalue weighted by molar-refractivity contribution is 9.10. The molecule has 2 unspecified atom stereocenters. The molecule has 6 nitrogen and oxygen atoms in total. The minimum absolute atomic E-state index is 0.0776. The highest BCUT2D eigenvalue weighted by Gasteiger charge is 2.41. The zero-order valence-corrected chi connectivity index (χ0v) is 18.9. The molecule has 3 aromatic carbocycles. The van der Waals surface area contributed by atoms with E-state index in [9.17, 15) is 10.1 Å². The van der Waals surface area contributed by atoms with Crippen molar-refractivity contribution in [2.75, 3.05) is 0 Å². The summed E-state index contributed by atoms with van der Waals surface area (Å²) in [5, 5.41) is 18.8. The molecular formula is C22H14BrCl2N3O3. The quantitative estimate of drug-likeness (QED) is 0.279. The molecule has 0 amide bonds. The van der Waals surface area contributed by atoms with Gasteiger partial charge in [0.25, 0.3) is 5.69 Å². The third kappa shape index (κ3) is 3.67. The number of hydrazone groups is 1. The van der Waals surface area contributed by atoms with E-state index in [0.29, 0.717) is 22.8 Å². The summed E-state index contributed by atoms with van der Waals surface area (Å²) in [4.78, 5) is 10.9. The van der Waals surface area contributed by atoms with Crippen molar-refractivity contribution in [2.45, 2.75) is 18.7 Å². The molecule has 5 rings (SSSR count). The number of nitro benzene ring substituents is 1. The third-order valence-electron chi connectivity index (χ3n) is 5.38. The zero-order chi connectivity index (χ0) is 21.7. The fraction of sp³-hybridized carbons (Fsp3) is 0.136. The van der Waals surface area contributed by atoms with E-state index in [1.807, 2.05) is 41.4 Å². The lowest BCUT2D eigenvalue weighted by atomic mass is 9.96. The van der Waals surface area contributed by atoms with Gasteiger partial charge >= 0.3 is 0 Å². The number of hydrogen-bond acceptors (Lipinski definition) is 5. The van der Waals surface area contributed by atoms with Crippen molar-refractivity contribution in [2.24, 2.45) is 5.10 Å². The molecule has 2 aliphatic heterocycles. The molecule has 31 heavy (non-hydrogen) atoms. The summed E-state index contributed by atoms with van der Waals surface area (Å²) in [6, 6.07) is 18.0. The molecule has 0 N–H and O–H groups in total. The van der Waals surface area contributed by atoms with Gasteiger partial charge in [-0.05, 0) is 42.0 Å². The predicted molar refractivity (Wildman–Crippen MR) is 123 cm³/mol. The molecule has 0 saturated carbocycles. The first-order valence-electron chi connectivity index (χ1n) is 9.42. The summed E-state index contributed by atoms with van der Waals surface area (Å²) in [6.07, 6.45) is 0.0208. The molecule has 9 heteroatoms. The van der Waals surface area contributed by atoms with Crippen LogP contribution in [0.5, 0.6) is 5.75 Å². The Morgan fingerprint density at radius 2 is 1.87 bits per heavy atom. The number of halogens is 3. The van der Waals surface area contributed by atoms with Gasteiger partial charge in [-0.25, -0.2) is 5.01 Å². The Bertz CT molecular complexity index is 1230. The Morgan fingerprint density at radius 3 is 2.61 bits per heavy atom. The van der Waals surface area contributed by atoms with E-state index in [2.05, 4.69) is 15.9 Å². The first-order chi connectivity index (χ1) is 14.9. The van der Waals surface area contributed by atoms with Gasteiger partial charge < -0.3 is 4.74 Å². The van der Waals surface area contributed by atoms with Crippen LogP contribution in [-0.2, 0) is 0 Å². The van der Waals surface area contributed by atoms with Crippen molar-refractivity contribution in [3.8, 4) is 5.75 Å². The number of rotatable bonds is 3. The first kappa shape index (κ1) is 20.3. The maximum Gasteiger partial charge on any atom is 0.288 e. The molecule has 2 atom stereocenters. The van der Waals surface area contributed by atoms with Crippen LogP contribution in [0.1, 0.15) is 35.4 Å². The molecule has 156 valence electrons. The van der Waals surface area contributed by atoms with Gasteiger partial charge in [0.05, 0.1) is 16.7 Å². The number of nitro groups is 1. The van der Waals surface area contributed by atoms with Gasteiger partial charge in [0.1, 0.15) is 10.8 Å². The molecule has 3 aromatic rings. The van der Waals surface area contributed by atoms with E-state index >= 15 is 0 Å². The minimum atomic E-state index is -0.636. The smallest absolute Gasteiger partial charge is 0.288 e. The van der Waals surface area contributed by atoms with Crippen LogP contribution in [0, 0.1) is 10.1 Å². The van der Waals surface area contributed by atoms with Crippen LogP contribution < -0.4 is 4.74 Å². The molecule has 2 heterocycles.